The molecule has 0 radical (unpaired) electrons. The van der Waals surface area contributed by atoms with E-state index in [4.69, 9.17) is 14.6 Å². The van der Waals surface area contributed by atoms with Crippen molar-refractivity contribution < 1.29 is 29.3 Å². The molecule has 0 aliphatic carbocycles. The Kier molecular flexibility index (Phi) is 7.63. The molecular formula is C22H24O6. The van der Waals surface area contributed by atoms with E-state index >= 15 is 0 Å². The smallest absolute Gasteiger partial charge is 0.328 e. The van der Waals surface area contributed by atoms with Crippen molar-refractivity contribution in [2.45, 2.75) is 26.7 Å². The molecule has 0 bridgehead atoms. The van der Waals surface area contributed by atoms with Crippen molar-refractivity contribution in [3.63, 3.8) is 0 Å². The van der Waals surface area contributed by atoms with Crippen molar-refractivity contribution in [3.05, 3.63) is 59.2 Å². The number of ether oxygens (including phenoxy) is 2. The van der Waals surface area contributed by atoms with Crippen molar-refractivity contribution in [1.82, 2.24) is 0 Å². The molecule has 0 aliphatic heterocycles. The van der Waals surface area contributed by atoms with Gasteiger partial charge in [0.05, 0.1) is 5.56 Å². The van der Waals surface area contributed by atoms with Gasteiger partial charge in [0.25, 0.3) is 0 Å². The van der Waals surface area contributed by atoms with Gasteiger partial charge in [0, 0.05) is 11.6 Å². The summed E-state index contributed by atoms with van der Waals surface area (Å²) in [5.41, 5.74) is 1.63. The van der Waals surface area contributed by atoms with E-state index in [1.54, 1.807) is 36.4 Å². The van der Waals surface area contributed by atoms with Crippen LogP contribution in [0.2, 0.25) is 0 Å². The second-order valence-electron chi connectivity index (χ2n) is 6.19. The van der Waals surface area contributed by atoms with Crippen molar-refractivity contribution in [2.24, 2.45) is 0 Å². The molecule has 0 aromatic heterocycles. The molecule has 148 valence electrons. The first-order chi connectivity index (χ1) is 13.4. The number of carboxylic acids is 1. The van der Waals surface area contributed by atoms with Crippen molar-refractivity contribution in [1.29, 1.82) is 0 Å². The van der Waals surface area contributed by atoms with E-state index in [0.717, 1.165) is 18.1 Å². The number of carbonyl (C=O) groups excluding carboxylic acids is 1. The molecule has 0 saturated heterocycles. The van der Waals surface area contributed by atoms with Crippen molar-refractivity contribution in [3.8, 4) is 17.2 Å². The molecule has 28 heavy (non-hydrogen) atoms. The van der Waals surface area contributed by atoms with E-state index in [9.17, 15) is 14.7 Å². The monoisotopic (exact) mass is 384 g/mol. The van der Waals surface area contributed by atoms with E-state index < -0.39 is 5.97 Å². The van der Waals surface area contributed by atoms with E-state index in [-0.39, 0.29) is 24.7 Å². The highest BCUT2D eigenvalue weighted by atomic mass is 16.5. The number of hydrogen-bond donors (Lipinski definition) is 2. The Hall–Kier alpha value is -3.28. The largest absolute Gasteiger partial charge is 0.507 e. The Morgan fingerprint density at radius 3 is 2.54 bits per heavy atom. The summed E-state index contributed by atoms with van der Waals surface area (Å²) in [7, 11) is 0. The van der Waals surface area contributed by atoms with Crippen LogP contribution in [0, 0.1) is 0 Å². The first-order valence-electron chi connectivity index (χ1n) is 9.04. The molecule has 2 aromatic carbocycles. The third kappa shape index (κ3) is 5.87. The molecular weight excluding hydrogens is 360 g/mol. The SMILES string of the molecule is CCCc1c(OCCOc2cccc(C=CC(=O)O)c2)ccc(C(C)=O)c1O. The lowest BCUT2D eigenvalue weighted by Crippen LogP contribution is -2.10. The molecule has 6 nitrogen and oxygen atoms in total. The fourth-order valence-corrected chi connectivity index (χ4v) is 2.72. The van der Waals surface area contributed by atoms with Gasteiger partial charge in [-0.25, -0.2) is 4.79 Å². The maximum Gasteiger partial charge on any atom is 0.328 e. The number of aliphatic carboxylic acids is 1. The van der Waals surface area contributed by atoms with Gasteiger partial charge in [-0.05, 0) is 49.2 Å². The zero-order chi connectivity index (χ0) is 20.5. The summed E-state index contributed by atoms with van der Waals surface area (Å²) in [4.78, 5) is 22.2. The zero-order valence-corrected chi connectivity index (χ0v) is 16.0. The Morgan fingerprint density at radius 1 is 1.11 bits per heavy atom. The van der Waals surface area contributed by atoms with Gasteiger partial charge in [0.15, 0.2) is 5.78 Å². The van der Waals surface area contributed by atoms with E-state index in [1.807, 2.05) is 6.92 Å². The lowest BCUT2D eigenvalue weighted by atomic mass is 10.0. The Labute approximate surface area is 164 Å². The number of benzene rings is 2. The standard InChI is InChI=1S/C22H24O6/c1-3-5-19-20(10-9-18(15(2)23)22(19)26)28-13-12-27-17-7-4-6-16(14-17)8-11-21(24)25/h4,6-11,14,26H,3,5,12-13H2,1-2H3,(H,24,25). The summed E-state index contributed by atoms with van der Waals surface area (Å²) < 4.78 is 11.4. The van der Waals surface area contributed by atoms with Crippen LogP contribution in [0.25, 0.3) is 6.08 Å². The van der Waals surface area contributed by atoms with Crippen LogP contribution in [-0.4, -0.2) is 35.2 Å². The fraction of sp³-hybridized carbons (Fsp3) is 0.273. The maximum absolute atomic E-state index is 11.6. The van der Waals surface area contributed by atoms with Crippen LogP contribution in [0.3, 0.4) is 0 Å². The first-order valence-corrected chi connectivity index (χ1v) is 9.04. The molecule has 0 aliphatic rings. The summed E-state index contributed by atoms with van der Waals surface area (Å²) in [6.45, 7) is 3.93. The van der Waals surface area contributed by atoms with E-state index in [2.05, 4.69) is 0 Å². The second-order valence-corrected chi connectivity index (χ2v) is 6.19. The van der Waals surface area contributed by atoms with Crippen molar-refractivity contribution >= 4 is 17.8 Å². The van der Waals surface area contributed by atoms with Gasteiger partial charge in [0.2, 0.25) is 0 Å². The van der Waals surface area contributed by atoms with Gasteiger partial charge in [-0.15, -0.1) is 0 Å². The Balaban J connectivity index is 1.98. The summed E-state index contributed by atoms with van der Waals surface area (Å²) in [5.74, 6) is -0.0975. The van der Waals surface area contributed by atoms with Crippen LogP contribution in [0.1, 0.15) is 41.8 Å². The highest BCUT2D eigenvalue weighted by molar-refractivity contribution is 5.97. The number of aromatic hydroxyl groups is 1. The summed E-state index contributed by atoms with van der Waals surface area (Å²) >= 11 is 0. The Bertz CT molecular complexity index is 869. The molecule has 0 saturated carbocycles. The molecule has 0 heterocycles. The molecule has 2 aromatic rings. The molecule has 0 amide bonds. The van der Waals surface area contributed by atoms with E-state index in [1.165, 1.54) is 13.0 Å². The highest BCUT2D eigenvalue weighted by Crippen LogP contribution is 2.33. The molecule has 0 atom stereocenters. The summed E-state index contributed by atoms with van der Waals surface area (Å²) in [6.07, 6.45) is 3.95. The van der Waals surface area contributed by atoms with Gasteiger partial charge in [-0.3, -0.25) is 4.79 Å². The molecule has 6 heteroatoms. The van der Waals surface area contributed by atoms with Gasteiger partial charge >= 0.3 is 5.97 Å². The average Bonchev–Trinajstić information content (AvgIpc) is 2.66. The summed E-state index contributed by atoms with van der Waals surface area (Å²) in [6, 6.07) is 10.3. The number of phenols is 1. The fourth-order valence-electron chi connectivity index (χ4n) is 2.72. The van der Waals surface area contributed by atoms with Gasteiger partial charge in [-0.1, -0.05) is 25.5 Å². The molecule has 2 rings (SSSR count). The minimum atomic E-state index is -1.01. The number of rotatable bonds is 10. The normalized spacial score (nSPS) is 10.8. The number of phenolic OH excluding ortho intramolecular Hbond substituents is 1. The number of ketones is 1. The predicted octanol–water partition coefficient (Wildman–Crippen LogP) is 4.10. The number of carbonyl (C=O) groups is 2. The minimum Gasteiger partial charge on any atom is -0.507 e. The number of carboxylic acid groups (broad SMARTS) is 1. The molecule has 0 spiro atoms. The third-order valence-corrected chi connectivity index (χ3v) is 4.01. The van der Waals surface area contributed by atoms with Gasteiger partial charge in [0.1, 0.15) is 30.5 Å². The second kappa shape index (κ2) is 10.2. The maximum atomic E-state index is 11.6. The average molecular weight is 384 g/mol. The topological polar surface area (TPSA) is 93.1 Å². The number of Topliss-reactive ketones (excluding diaryl/α,β-unsaturated/α-hetero) is 1. The Morgan fingerprint density at radius 2 is 1.86 bits per heavy atom. The third-order valence-electron chi connectivity index (χ3n) is 4.01. The molecule has 0 unspecified atom stereocenters. The minimum absolute atomic E-state index is 0.0225. The first kappa shape index (κ1) is 21.0. The number of hydrogen-bond acceptors (Lipinski definition) is 5. The quantitative estimate of drug-likeness (QED) is 0.364. The van der Waals surface area contributed by atoms with Crippen molar-refractivity contribution in [2.75, 3.05) is 13.2 Å². The van der Waals surface area contributed by atoms with Crippen LogP contribution in [0.4, 0.5) is 0 Å². The van der Waals surface area contributed by atoms with Crippen LogP contribution in [0.15, 0.2) is 42.5 Å². The highest BCUT2D eigenvalue weighted by Gasteiger charge is 2.15. The lowest BCUT2D eigenvalue weighted by Gasteiger charge is -2.15. The van der Waals surface area contributed by atoms with E-state index in [0.29, 0.717) is 29.0 Å². The lowest BCUT2D eigenvalue weighted by molar-refractivity contribution is -0.131. The zero-order valence-electron chi connectivity index (χ0n) is 16.0. The van der Waals surface area contributed by atoms with Gasteiger partial charge < -0.3 is 19.7 Å². The van der Waals surface area contributed by atoms with Gasteiger partial charge in [-0.2, -0.15) is 0 Å². The summed E-state index contributed by atoms with van der Waals surface area (Å²) in [5, 5.41) is 19.0. The predicted molar refractivity (Wildman–Crippen MR) is 106 cm³/mol. The van der Waals surface area contributed by atoms with Crippen LogP contribution >= 0.6 is 0 Å². The van der Waals surface area contributed by atoms with Crippen LogP contribution in [-0.2, 0) is 11.2 Å². The molecule has 2 N–H and O–H groups in total. The molecule has 0 fully saturated rings. The van der Waals surface area contributed by atoms with Crippen LogP contribution in [0.5, 0.6) is 17.2 Å². The van der Waals surface area contributed by atoms with Crippen LogP contribution < -0.4 is 9.47 Å².